The Balaban J connectivity index is 1.25. The number of hydrogen-bond donors (Lipinski definition) is 3. The number of nitrogens with one attached hydrogen (secondary N) is 3. The van der Waals surface area contributed by atoms with Crippen LogP contribution in [-0.2, 0) is 17.6 Å². The van der Waals surface area contributed by atoms with Crippen LogP contribution in [0.1, 0.15) is 55.0 Å². The molecule has 1 saturated carbocycles. The molecule has 2 aliphatic carbocycles. The van der Waals surface area contributed by atoms with Crippen molar-refractivity contribution in [2.75, 3.05) is 23.4 Å². The van der Waals surface area contributed by atoms with Crippen LogP contribution in [0.5, 0.6) is 0 Å². The van der Waals surface area contributed by atoms with E-state index in [4.69, 9.17) is 9.97 Å². The van der Waals surface area contributed by atoms with E-state index in [2.05, 4.69) is 32.0 Å². The third-order valence-electron chi connectivity index (χ3n) is 6.29. The van der Waals surface area contributed by atoms with E-state index in [1.54, 1.807) is 9.96 Å². The minimum Gasteiger partial charge on any atom is -0.329 e. The Kier molecular flexibility index (Phi) is 4.79. The minimum atomic E-state index is -0.277. The number of aromatic amines is 1. The Hall–Kier alpha value is -2.66. The molecule has 2 fully saturated rings. The van der Waals surface area contributed by atoms with Crippen molar-refractivity contribution in [1.82, 2.24) is 30.0 Å². The summed E-state index contributed by atoms with van der Waals surface area (Å²) in [6, 6.07) is 1.81. The second kappa shape index (κ2) is 7.79. The van der Waals surface area contributed by atoms with E-state index in [0.717, 1.165) is 56.0 Å². The first-order valence-corrected chi connectivity index (χ1v) is 11.8. The molecule has 0 aromatic carbocycles. The number of fused-ring (bicyclic) bond motifs is 1. The smallest absolute Gasteiger partial charge is 0.257 e. The number of aliphatic imine (C=N–C) groups is 1. The van der Waals surface area contributed by atoms with Crippen LogP contribution in [0, 0.1) is 0 Å². The fourth-order valence-electron chi connectivity index (χ4n) is 4.55. The number of nitrogens with zero attached hydrogens (tertiary/aromatic N) is 6. The number of carbonyl (C=O) groups excluding carboxylic acids is 1. The van der Waals surface area contributed by atoms with Crippen molar-refractivity contribution in [3.8, 4) is 0 Å². The molecule has 0 radical (unpaired) electrons. The van der Waals surface area contributed by atoms with E-state index < -0.39 is 0 Å². The van der Waals surface area contributed by atoms with Gasteiger partial charge < -0.3 is 10.2 Å². The van der Waals surface area contributed by atoms with E-state index in [-0.39, 0.29) is 11.9 Å². The summed E-state index contributed by atoms with van der Waals surface area (Å²) in [5.41, 5.74) is 8.13. The lowest BCUT2D eigenvalue weighted by molar-refractivity contribution is -0.124. The minimum absolute atomic E-state index is 0.0320. The quantitative estimate of drug-likeness (QED) is 0.587. The van der Waals surface area contributed by atoms with Crippen LogP contribution in [0.3, 0.4) is 0 Å². The highest BCUT2D eigenvalue weighted by molar-refractivity contribution is 8.10. The second-order valence-corrected chi connectivity index (χ2v) is 9.36. The number of carbonyl (C=O) groups is 1. The van der Waals surface area contributed by atoms with Crippen molar-refractivity contribution in [3.63, 3.8) is 0 Å². The highest BCUT2D eigenvalue weighted by Gasteiger charge is 2.35. The first kappa shape index (κ1) is 19.1. The van der Waals surface area contributed by atoms with Gasteiger partial charge in [0.15, 0.2) is 5.82 Å². The molecule has 2 aromatic heterocycles. The van der Waals surface area contributed by atoms with Crippen molar-refractivity contribution >= 4 is 41.0 Å². The van der Waals surface area contributed by atoms with Crippen molar-refractivity contribution in [3.05, 3.63) is 23.0 Å². The zero-order valence-electron chi connectivity index (χ0n) is 17.2. The van der Waals surface area contributed by atoms with Crippen LogP contribution >= 0.6 is 11.9 Å². The summed E-state index contributed by atoms with van der Waals surface area (Å²) in [6.45, 7) is 1.24. The molecular weight excluding hydrogens is 414 g/mol. The summed E-state index contributed by atoms with van der Waals surface area (Å²) in [4.78, 5) is 28.8. The summed E-state index contributed by atoms with van der Waals surface area (Å²) in [7, 11) is 0. The fourth-order valence-corrected chi connectivity index (χ4v) is 5.07. The number of hydrazine groups is 1. The van der Waals surface area contributed by atoms with E-state index in [0.29, 0.717) is 18.5 Å². The lowest BCUT2D eigenvalue weighted by Crippen LogP contribution is -2.48. The van der Waals surface area contributed by atoms with Crippen molar-refractivity contribution in [2.45, 2.75) is 56.9 Å². The van der Waals surface area contributed by atoms with Crippen molar-refractivity contribution in [1.29, 1.82) is 0 Å². The molecule has 31 heavy (non-hydrogen) atoms. The SMILES string of the molecule is O=C(NN1CN=CS1)C1CCCN1c1nc2c(c(Nc3cc(C4CC4)[nH]n3)n1)CCC2. The van der Waals surface area contributed by atoms with Gasteiger partial charge in [-0.15, -0.1) is 4.41 Å². The molecule has 1 amide bonds. The first-order valence-electron chi connectivity index (χ1n) is 11.0. The predicted molar refractivity (Wildman–Crippen MR) is 119 cm³/mol. The number of aromatic nitrogens is 4. The van der Waals surface area contributed by atoms with Gasteiger partial charge in [-0.1, -0.05) is 0 Å². The summed E-state index contributed by atoms with van der Waals surface area (Å²) in [6.07, 6.45) is 7.18. The van der Waals surface area contributed by atoms with Gasteiger partial charge in [0.05, 0.1) is 11.2 Å². The zero-order chi connectivity index (χ0) is 20.8. The van der Waals surface area contributed by atoms with Crippen molar-refractivity contribution in [2.24, 2.45) is 4.99 Å². The lowest BCUT2D eigenvalue weighted by Gasteiger charge is -2.26. The molecule has 1 atom stereocenters. The maximum Gasteiger partial charge on any atom is 0.257 e. The van der Waals surface area contributed by atoms with Crippen LogP contribution < -0.4 is 15.6 Å². The molecule has 0 bridgehead atoms. The number of rotatable bonds is 6. The highest BCUT2D eigenvalue weighted by atomic mass is 32.2. The number of hydrogen-bond acceptors (Lipinski definition) is 9. The molecule has 162 valence electrons. The Bertz CT molecular complexity index is 1030. The maximum absolute atomic E-state index is 12.9. The summed E-state index contributed by atoms with van der Waals surface area (Å²) in [5.74, 6) is 2.83. The monoisotopic (exact) mass is 439 g/mol. The number of H-pyrrole nitrogens is 1. The van der Waals surface area contributed by atoms with Crippen LogP contribution in [0.2, 0.25) is 0 Å². The van der Waals surface area contributed by atoms with Gasteiger partial charge in [0.2, 0.25) is 5.95 Å². The summed E-state index contributed by atoms with van der Waals surface area (Å²) < 4.78 is 1.74. The Morgan fingerprint density at radius 2 is 2.13 bits per heavy atom. The van der Waals surface area contributed by atoms with Gasteiger partial charge in [0, 0.05) is 29.8 Å². The molecule has 2 aliphatic heterocycles. The molecule has 11 heteroatoms. The molecular formula is C20H25N9OS. The molecule has 10 nitrogen and oxygen atoms in total. The van der Waals surface area contributed by atoms with Gasteiger partial charge in [-0.3, -0.25) is 20.3 Å². The number of anilines is 3. The molecule has 0 spiro atoms. The molecule has 3 N–H and O–H groups in total. The molecule has 6 rings (SSSR count). The van der Waals surface area contributed by atoms with Gasteiger partial charge in [-0.05, 0) is 56.9 Å². The van der Waals surface area contributed by atoms with E-state index in [9.17, 15) is 4.79 Å². The topological polar surface area (TPSA) is 114 Å². The molecule has 2 aromatic rings. The van der Waals surface area contributed by atoms with Gasteiger partial charge >= 0.3 is 0 Å². The highest BCUT2D eigenvalue weighted by Crippen LogP contribution is 2.40. The first-order chi connectivity index (χ1) is 15.2. The third kappa shape index (κ3) is 3.76. The van der Waals surface area contributed by atoms with Gasteiger partial charge in [0.1, 0.15) is 18.5 Å². The fraction of sp³-hybridized carbons (Fsp3) is 0.550. The molecule has 1 unspecified atom stereocenters. The van der Waals surface area contributed by atoms with Gasteiger partial charge in [0.25, 0.3) is 5.91 Å². The number of amides is 1. The Morgan fingerprint density at radius 3 is 2.97 bits per heavy atom. The zero-order valence-corrected chi connectivity index (χ0v) is 18.0. The summed E-state index contributed by atoms with van der Waals surface area (Å²) >= 11 is 1.39. The second-order valence-electron chi connectivity index (χ2n) is 8.50. The van der Waals surface area contributed by atoms with Crippen molar-refractivity contribution < 1.29 is 4.79 Å². The number of aryl methyl sites for hydroxylation is 1. The molecule has 4 aliphatic rings. The lowest BCUT2D eigenvalue weighted by atomic mass is 10.2. The van der Waals surface area contributed by atoms with Crippen LogP contribution in [0.25, 0.3) is 0 Å². The van der Waals surface area contributed by atoms with E-state index in [1.807, 2.05) is 4.90 Å². The maximum atomic E-state index is 12.9. The summed E-state index contributed by atoms with van der Waals surface area (Å²) in [5, 5.41) is 11.0. The Labute approximate surface area is 184 Å². The largest absolute Gasteiger partial charge is 0.329 e. The standard InChI is InChI=1S/C20H25N9OS/c30-19(27-29-10-21-11-31-29)16-5-2-8-28(16)20-22-14-4-1-3-13(14)18(24-20)23-17-9-15(25-26-17)12-6-7-12/h9,11-12,16H,1-8,10H2,(H,27,30)(H2,22,23,24,25,26). The van der Waals surface area contributed by atoms with E-state index >= 15 is 0 Å². The van der Waals surface area contributed by atoms with Crippen LogP contribution in [-0.4, -0.2) is 55.3 Å². The molecule has 1 saturated heterocycles. The normalized spacial score (nSPS) is 22.8. The molecule has 4 heterocycles. The average Bonchev–Trinajstić information content (AvgIpc) is 3.27. The van der Waals surface area contributed by atoms with Gasteiger partial charge in [-0.2, -0.15) is 10.1 Å². The van der Waals surface area contributed by atoms with Gasteiger partial charge in [-0.25, -0.2) is 4.98 Å². The van der Waals surface area contributed by atoms with Crippen LogP contribution in [0.4, 0.5) is 17.6 Å². The van der Waals surface area contributed by atoms with Crippen LogP contribution in [0.15, 0.2) is 11.1 Å². The van der Waals surface area contributed by atoms with E-state index in [1.165, 1.54) is 36.0 Å². The average molecular weight is 440 g/mol. The third-order valence-corrected chi connectivity index (χ3v) is 6.99. The predicted octanol–water partition coefficient (Wildman–Crippen LogP) is 2.26. The Morgan fingerprint density at radius 1 is 1.19 bits per heavy atom.